The van der Waals surface area contributed by atoms with Crippen molar-refractivity contribution in [1.29, 1.82) is 5.26 Å². The van der Waals surface area contributed by atoms with Crippen LogP contribution in [-0.4, -0.2) is 21.8 Å². The van der Waals surface area contributed by atoms with E-state index in [0.29, 0.717) is 16.9 Å². The van der Waals surface area contributed by atoms with Crippen LogP contribution in [0.2, 0.25) is 0 Å². The molecule has 2 heterocycles. The number of rotatable bonds is 4. The number of aromatic nitrogens is 1. The molecule has 1 saturated heterocycles. The van der Waals surface area contributed by atoms with Crippen LogP contribution in [0.5, 0.6) is 0 Å². The standard InChI is InChI=1S/C21H16N4O3/c1-21(16-9-7-14(11-22)8-10-16)19(26)25(20(27)24-21)13-18-23-12-17(28-18)15-5-3-2-4-6-15/h2-10,12H,13H2,1H3,(H,24,27)/t21-/m1/s1. The number of nitriles is 1. The fourth-order valence-electron chi connectivity index (χ4n) is 3.17. The van der Waals surface area contributed by atoms with Crippen molar-refractivity contribution in [2.45, 2.75) is 19.0 Å². The summed E-state index contributed by atoms with van der Waals surface area (Å²) in [5.74, 6) is 0.436. The highest BCUT2D eigenvalue weighted by molar-refractivity contribution is 6.07. The maximum Gasteiger partial charge on any atom is 0.325 e. The van der Waals surface area contributed by atoms with E-state index < -0.39 is 17.5 Å². The Labute approximate surface area is 161 Å². The van der Waals surface area contributed by atoms with Gasteiger partial charge in [-0.3, -0.25) is 9.69 Å². The molecule has 3 amide bonds. The fraction of sp³-hybridized carbons (Fsp3) is 0.143. The third-order valence-corrected chi connectivity index (χ3v) is 4.77. The second-order valence-corrected chi connectivity index (χ2v) is 6.62. The number of oxazole rings is 1. The number of amides is 3. The molecule has 28 heavy (non-hydrogen) atoms. The first-order valence-electron chi connectivity index (χ1n) is 8.66. The van der Waals surface area contributed by atoms with Crippen LogP contribution in [0.4, 0.5) is 4.79 Å². The summed E-state index contributed by atoms with van der Waals surface area (Å²) >= 11 is 0. The molecule has 1 aliphatic rings. The molecule has 4 rings (SSSR count). The van der Waals surface area contributed by atoms with Crippen molar-refractivity contribution in [2.75, 3.05) is 0 Å². The third kappa shape index (κ3) is 2.91. The molecule has 1 aromatic heterocycles. The third-order valence-electron chi connectivity index (χ3n) is 4.77. The van der Waals surface area contributed by atoms with Crippen LogP contribution < -0.4 is 5.32 Å². The molecular weight excluding hydrogens is 356 g/mol. The molecule has 2 aromatic carbocycles. The van der Waals surface area contributed by atoms with Gasteiger partial charge in [0.1, 0.15) is 12.1 Å². The summed E-state index contributed by atoms with van der Waals surface area (Å²) in [7, 11) is 0. The minimum atomic E-state index is -1.21. The predicted octanol–water partition coefficient (Wildman–Crippen LogP) is 3.18. The number of nitrogens with zero attached hydrogens (tertiary/aromatic N) is 3. The van der Waals surface area contributed by atoms with Gasteiger partial charge >= 0.3 is 6.03 Å². The van der Waals surface area contributed by atoms with Gasteiger partial charge < -0.3 is 9.73 Å². The molecule has 0 radical (unpaired) electrons. The average Bonchev–Trinajstić information content (AvgIpc) is 3.28. The molecule has 138 valence electrons. The molecule has 0 bridgehead atoms. The lowest BCUT2D eigenvalue weighted by atomic mass is 9.91. The van der Waals surface area contributed by atoms with Gasteiger partial charge in [0.15, 0.2) is 5.76 Å². The Morgan fingerprint density at radius 3 is 2.54 bits per heavy atom. The van der Waals surface area contributed by atoms with Gasteiger partial charge in [0, 0.05) is 5.56 Å². The Kier molecular flexibility index (Phi) is 4.17. The smallest absolute Gasteiger partial charge is 0.325 e. The number of imide groups is 1. The van der Waals surface area contributed by atoms with Crippen molar-refractivity contribution >= 4 is 11.9 Å². The summed E-state index contributed by atoms with van der Waals surface area (Å²) in [5.41, 5.74) is 0.736. The van der Waals surface area contributed by atoms with Crippen molar-refractivity contribution in [3.05, 3.63) is 77.8 Å². The van der Waals surface area contributed by atoms with Gasteiger partial charge in [-0.2, -0.15) is 5.26 Å². The normalized spacial score (nSPS) is 18.8. The highest BCUT2D eigenvalue weighted by atomic mass is 16.4. The van der Waals surface area contributed by atoms with Crippen LogP contribution in [0.15, 0.2) is 65.2 Å². The van der Waals surface area contributed by atoms with E-state index in [0.717, 1.165) is 10.5 Å². The molecule has 1 fully saturated rings. The summed E-state index contributed by atoms with van der Waals surface area (Å²) in [6.45, 7) is 1.57. The molecule has 3 aromatic rings. The predicted molar refractivity (Wildman–Crippen MR) is 99.5 cm³/mol. The molecule has 1 aliphatic heterocycles. The minimum Gasteiger partial charge on any atom is -0.439 e. The number of benzene rings is 2. The minimum absolute atomic E-state index is 0.0661. The van der Waals surface area contributed by atoms with Gasteiger partial charge in [-0.15, -0.1) is 0 Å². The van der Waals surface area contributed by atoms with Crippen molar-refractivity contribution in [1.82, 2.24) is 15.2 Å². The van der Waals surface area contributed by atoms with E-state index in [2.05, 4.69) is 10.3 Å². The van der Waals surface area contributed by atoms with E-state index in [1.54, 1.807) is 37.4 Å². The quantitative estimate of drug-likeness (QED) is 0.709. The van der Waals surface area contributed by atoms with Gasteiger partial charge in [0.2, 0.25) is 5.89 Å². The lowest BCUT2D eigenvalue weighted by Crippen LogP contribution is -2.40. The summed E-state index contributed by atoms with van der Waals surface area (Å²) in [4.78, 5) is 30.7. The van der Waals surface area contributed by atoms with Crippen LogP contribution in [-0.2, 0) is 16.9 Å². The topological polar surface area (TPSA) is 99.2 Å². The second kappa shape index (κ2) is 6.67. The molecular formula is C21H16N4O3. The van der Waals surface area contributed by atoms with E-state index in [9.17, 15) is 9.59 Å². The van der Waals surface area contributed by atoms with Gasteiger partial charge in [0.05, 0.1) is 17.8 Å². The molecule has 0 saturated carbocycles. The number of carbonyl (C=O) groups is 2. The van der Waals surface area contributed by atoms with Crippen molar-refractivity contribution < 1.29 is 14.0 Å². The monoisotopic (exact) mass is 372 g/mol. The molecule has 1 atom stereocenters. The number of urea groups is 1. The summed E-state index contributed by atoms with van der Waals surface area (Å²) in [6, 6.07) is 17.5. The summed E-state index contributed by atoms with van der Waals surface area (Å²) < 4.78 is 5.71. The fourth-order valence-corrected chi connectivity index (χ4v) is 3.17. The maximum absolute atomic E-state index is 13.0. The van der Waals surface area contributed by atoms with E-state index in [-0.39, 0.29) is 12.4 Å². The Hall–Kier alpha value is -3.92. The first kappa shape index (κ1) is 17.5. The number of nitrogens with one attached hydrogen (secondary N) is 1. The average molecular weight is 372 g/mol. The Morgan fingerprint density at radius 2 is 1.86 bits per heavy atom. The van der Waals surface area contributed by atoms with Gasteiger partial charge in [-0.25, -0.2) is 9.78 Å². The van der Waals surface area contributed by atoms with Crippen LogP contribution in [0.25, 0.3) is 11.3 Å². The van der Waals surface area contributed by atoms with Crippen molar-refractivity contribution in [2.24, 2.45) is 0 Å². The lowest BCUT2D eigenvalue weighted by molar-refractivity contribution is -0.131. The summed E-state index contributed by atoms with van der Waals surface area (Å²) in [6.07, 6.45) is 1.57. The van der Waals surface area contributed by atoms with Gasteiger partial charge in [0.25, 0.3) is 5.91 Å². The SMILES string of the molecule is C[C@]1(c2ccc(C#N)cc2)NC(=O)N(Cc2ncc(-c3ccccc3)o2)C1=O. The summed E-state index contributed by atoms with van der Waals surface area (Å²) in [5, 5.41) is 11.7. The zero-order valence-corrected chi connectivity index (χ0v) is 15.0. The van der Waals surface area contributed by atoms with E-state index >= 15 is 0 Å². The largest absolute Gasteiger partial charge is 0.439 e. The maximum atomic E-state index is 13.0. The zero-order valence-electron chi connectivity index (χ0n) is 15.0. The highest BCUT2D eigenvalue weighted by Crippen LogP contribution is 2.30. The molecule has 0 aliphatic carbocycles. The van der Waals surface area contributed by atoms with E-state index in [1.807, 2.05) is 36.4 Å². The highest BCUT2D eigenvalue weighted by Gasteiger charge is 2.49. The molecule has 1 N–H and O–H groups in total. The molecule has 0 spiro atoms. The van der Waals surface area contributed by atoms with E-state index in [1.165, 1.54) is 0 Å². The number of carbonyl (C=O) groups excluding carboxylic acids is 2. The molecule has 0 unspecified atom stereocenters. The number of hydrogen-bond acceptors (Lipinski definition) is 5. The zero-order chi connectivity index (χ0) is 19.7. The Bertz CT molecular complexity index is 1080. The van der Waals surface area contributed by atoms with Crippen LogP contribution in [0, 0.1) is 11.3 Å². The lowest BCUT2D eigenvalue weighted by Gasteiger charge is -2.22. The Balaban J connectivity index is 1.56. The van der Waals surface area contributed by atoms with Crippen LogP contribution in [0.3, 0.4) is 0 Å². The van der Waals surface area contributed by atoms with Gasteiger partial charge in [-0.1, -0.05) is 42.5 Å². The van der Waals surface area contributed by atoms with Crippen LogP contribution in [0.1, 0.15) is 23.9 Å². The first-order valence-corrected chi connectivity index (χ1v) is 8.66. The number of hydrogen-bond donors (Lipinski definition) is 1. The first-order chi connectivity index (χ1) is 13.5. The molecule has 7 heteroatoms. The van der Waals surface area contributed by atoms with Crippen molar-refractivity contribution in [3.63, 3.8) is 0 Å². The van der Waals surface area contributed by atoms with Crippen LogP contribution >= 0.6 is 0 Å². The molecule has 7 nitrogen and oxygen atoms in total. The Morgan fingerprint density at radius 1 is 1.14 bits per heavy atom. The van der Waals surface area contributed by atoms with Crippen molar-refractivity contribution in [3.8, 4) is 17.4 Å². The second-order valence-electron chi connectivity index (χ2n) is 6.62. The van der Waals surface area contributed by atoms with E-state index in [4.69, 9.17) is 9.68 Å². The van der Waals surface area contributed by atoms with Gasteiger partial charge in [-0.05, 0) is 24.6 Å².